The molecule has 0 fully saturated rings. The molecule has 0 spiro atoms. The van der Waals surface area contributed by atoms with Gasteiger partial charge in [-0.05, 0) is 37.1 Å². The SMILES string of the molecule is CCOc1ccc(C(CC)NC(=O)c2ccccc2-c2ncc[nH]2)cc1. The Balaban J connectivity index is 1.80. The molecule has 3 aromatic rings. The third kappa shape index (κ3) is 3.94. The van der Waals surface area contributed by atoms with E-state index in [2.05, 4.69) is 22.2 Å². The van der Waals surface area contributed by atoms with Crippen molar-refractivity contribution in [1.82, 2.24) is 15.3 Å². The lowest BCUT2D eigenvalue weighted by atomic mass is 10.0. The topological polar surface area (TPSA) is 67.0 Å². The van der Waals surface area contributed by atoms with Crippen LogP contribution < -0.4 is 10.1 Å². The normalized spacial score (nSPS) is 11.8. The van der Waals surface area contributed by atoms with E-state index >= 15 is 0 Å². The van der Waals surface area contributed by atoms with Crippen LogP contribution in [0.15, 0.2) is 60.9 Å². The first-order valence-corrected chi connectivity index (χ1v) is 8.85. The number of H-pyrrole nitrogens is 1. The summed E-state index contributed by atoms with van der Waals surface area (Å²) in [7, 11) is 0. The number of rotatable bonds is 7. The van der Waals surface area contributed by atoms with Crippen molar-refractivity contribution in [3.05, 3.63) is 72.1 Å². The Kier molecular flexibility index (Phi) is 5.69. The highest BCUT2D eigenvalue weighted by Crippen LogP contribution is 2.23. The molecule has 1 aromatic heterocycles. The van der Waals surface area contributed by atoms with Crippen LogP contribution in [-0.4, -0.2) is 22.5 Å². The van der Waals surface area contributed by atoms with Crippen molar-refractivity contribution in [3.63, 3.8) is 0 Å². The zero-order valence-corrected chi connectivity index (χ0v) is 15.0. The Morgan fingerprint density at radius 2 is 1.92 bits per heavy atom. The third-order valence-corrected chi connectivity index (χ3v) is 4.23. The number of benzene rings is 2. The first kappa shape index (κ1) is 17.7. The standard InChI is InChI=1S/C21H23N3O2/c1-3-19(15-9-11-16(12-10-15)26-4-2)24-21(25)18-8-6-5-7-17(18)20-22-13-14-23-20/h5-14,19H,3-4H2,1-2H3,(H,22,23)(H,24,25). The predicted octanol–water partition coefficient (Wildman–Crippen LogP) is 4.36. The lowest BCUT2D eigenvalue weighted by molar-refractivity contribution is 0.0936. The highest BCUT2D eigenvalue weighted by Gasteiger charge is 2.18. The van der Waals surface area contributed by atoms with Crippen molar-refractivity contribution >= 4 is 5.91 Å². The summed E-state index contributed by atoms with van der Waals surface area (Å²) in [5.41, 5.74) is 2.45. The molecular formula is C21H23N3O2. The highest BCUT2D eigenvalue weighted by atomic mass is 16.5. The van der Waals surface area contributed by atoms with Gasteiger partial charge in [-0.2, -0.15) is 0 Å². The van der Waals surface area contributed by atoms with Gasteiger partial charge in [-0.25, -0.2) is 4.98 Å². The molecule has 3 rings (SSSR count). The van der Waals surface area contributed by atoms with Gasteiger partial charge in [-0.15, -0.1) is 0 Å². The Morgan fingerprint density at radius 3 is 2.58 bits per heavy atom. The summed E-state index contributed by atoms with van der Waals surface area (Å²) in [6.07, 6.45) is 4.22. The largest absolute Gasteiger partial charge is 0.494 e. The summed E-state index contributed by atoms with van der Waals surface area (Å²) < 4.78 is 5.48. The van der Waals surface area contributed by atoms with Gasteiger partial charge < -0.3 is 15.0 Å². The minimum absolute atomic E-state index is 0.0668. The van der Waals surface area contributed by atoms with E-state index in [-0.39, 0.29) is 11.9 Å². The Morgan fingerprint density at radius 1 is 1.15 bits per heavy atom. The molecule has 134 valence electrons. The Bertz CT molecular complexity index is 842. The number of aromatic nitrogens is 2. The zero-order chi connectivity index (χ0) is 18.4. The number of ether oxygens (including phenoxy) is 1. The number of nitrogens with one attached hydrogen (secondary N) is 2. The first-order valence-electron chi connectivity index (χ1n) is 8.85. The summed E-state index contributed by atoms with van der Waals surface area (Å²) in [4.78, 5) is 20.2. The molecule has 0 aliphatic carbocycles. The van der Waals surface area contributed by atoms with Gasteiger partial charge >= 0.3 is 0 Å². The fourth-order valence-corrected chi connectivity index (χ4v) is 2.92. The van der Waals surface area contributed by atoms with Crippen molar-refractivity contribution < 1.29 is 9.53 Å². The van der Waals surface area contributed by atoms with Gasteiger partial charge in [0.1, 0.15) is 11.6 Å². The average Bonchev–Trinajstić information content (AvgIpc) is 3.21. The molecule has 2 aromatic carbocycles. The molecule has 2 N–H and O–H groups in total. The molecule has 26 heavy (non-hydrogen) atoms. The molecule has 0 saturated carbocycles. The summed E-state index contributed by atoms with van der Waals surface area (Å²) in [6, 6.07) is 15.3. The Hall–Kier alpha value is -3.08. The van der Waals surface area contributed by atoms with Crippen molar-refractivity contribution in [1.29, 1.82) is 0 Å². The second-order valence-electron chi connectivity index (χ2n) is 5.92. The van der Waals surface area contributed by atoms with Gasteiger partial charge in [-0.3, -0.25) is 4.79 Å². The molecule has 5 heteroatoms. The molecule has 1 unspecified atom stereocenters. The second-order valence-corrected chi connectivity index (χ2v) is 5.92. The number of hydrogen-bond acceptors (Lipinski definition) is 3. The van der Waals surface area contributed by atoms with Crippen LogP contribution in [0.5, 0.6) is 5.75 Å². The second kappa shape index (κ2) is 8.34. The lowest BCUT2D eigenvalue weighted by Gasteiger charge is -2.19. The van der Waals surface area contributed by atoms with Crippen LogP contribution in [0, 0.1) is 0 Å². The monoisotopic (exact) mass is 349 g/mol. The van der Waals surface area contributed by atoms with Crippen molar-refractivity contribution in [3.8, 4) is 17.1 Å². The van der Waals surface area contributed by atoms with E-state index < -0.39 is 0 Å². The van der Waals surface area contributed by atoms with Crippen molar-refractivity contribution in [2.45, 2.75) is 26.3 Å². The van der Waals surface area contributed by atoms with E-state index in [4.69, 9.17) is 4.74 Å². The summed E-state index contributed by atoms with van der Waals surface area (Å²) in [5.74, 6) is 1.41. The molecule has 0 bridgehead atoms. The maximum absolute atomic E-state index is 12.9. The van der Waals surface area contributed by atoms with Crippen molar-refractivity contribution in [2.75, 3.05) is 6.61 Å². The quantitative estimate of drug-likeness (QED) is 0.666. The number of carbonyl (C=O) groups is 1. The number of aromatic amines is 1. The van der Waals surface area contributed by atoms with E-state index in [9.17, 15) is 4.79 Å². The summed E-state index contributed by atoms with van der Waals surface area (Å²) in [5, 5.41) is 3.13. The number of carbonyl (C=O) groups excluding carboxylic acids is 1. The van der Waals surface area contributed by atoms with Gasteiger partial charge in [0.05, 0.1) is 18.2 Å². The van der Waals surface area contributed by atoms with Crippen LogP contribution in [0.4, 0.5) is 0 Å². The minimum Gasteiger partial charge on any atom is -0.494 e. The fourth-order valence-electron chi connectivity index (χ4n) is 2.92. The van der Waals surface area contributed by atoms with Gasteiger partial charge in [0.2, 0.25) is 0 Å². The number of imidazole rings is 1. The molecule has 5 nitrogen and oxygen atoms in total. The van der Waals surface area contributed by atoms with Crippen LogP contribution in [0.25, 0.3) is 11.4 Å². The maximum Gasteiger partial charge on any atom is 0.252 e. The minimum atomic E-state index is -0.113. The Labute approximate surface area is 153 Å². The number of hydrogen-bond donors (Lipinski definition) is 2. The molecule has 0 radical (unpaired) electrons. The van der Waals surface area contributed by atoms with Gasteiger partial charge in [0.25, 0.3) is 5.91 Å². The molecule has 0 aliphatic heterocycles. The molecular weight excluding hydrogens is 326 g/mol. The van der Waals surface area contributed by atoms with E-state index in [0.29, 0.717) is 18.0 Å². The van der Waals surface area contributed by atoms with Crippen LogP contribution in [0.1, 0.15) is 42.2 Å². The molecule has 1 amide bonds. The van der Waals surface area contributed by atoms with Gasteiger partial charge in [0, 0.05) is 18.0 Å². The van der Waals surface area contributed by atoms with Crippen molar-refractivity contribution in [2.24, 2.45) is 0 Å². The summed E-state index contributed by atoms with van der Waals surface area (Å²) in [6.45, 7) is 4.65. The molecule has 1 heterocycles. The maximum atomic E-state index is 12.9. The smallest absolute Gasteiger partial charge is 0.252 e. The highest BCUT2D eigenvalue weighted by molar-refractivity contribution is 6.00. The first-order chi connectivity index (χ1) is 12.7. The van der Waals surface area contributed by atoms with Crippen LogP contribution >= 0.6 is 0 Å². The number of amides is 1. The average molecular weight is 349 g/mol. The third-order valence-electron chi connectivity index (χ3n) is 4.23. The predicted molar refractivity (Wildman–Crippen MR) is 102 cm³/mol. The van der Waals surface area contributed by atoms with E-state index in [1.807, 2.05) is 55.5 Å². The van der Waals surface area contributed by atoms with E-state index in [0.717, 1.165) is 23.3 Å². The van der Waals surface area contributed by atoms with Crippen LogP contribution in [0.3, 0.4) is 0 Å². The molecule has 0 aliphatic rings. The fraction of sp³-hybridized carbons (Fsp3) is 0.238. The number of nitrogens with zero attached hydrogens (tertiary/aromatic N) is 1. The van der Waals surface area contributed by atoms with Crippen LogP contribution in [-0.2, 0) is 0 Å². The summed E-state index contributed by atoms with van der Waals surface area (Å²) >= 11 is 0. The van der Waals surface area contributed by atoms with E-state index in [1.165, 1.54) is 0 Å². The van der Waals surface area contributed by atoms with E-state index in [1.54, 1.807) is 12.4 Å². The molecule has 1 atom stereocenters. The zero-order valence-electron chi connectivity index (χ0n) is 15.0. The van der Waals surface area contributed by atoms with Gasteiger partial charge in [0.15, 0.2) is 0 Å². The lowest BCUT2D eigenvalue weighted by Crippen LogP contribution is -2.28. The van der Waals surface area contributed by atoms with Gasteiger partial charge in [-0.1, -0.05) is 37.3 Å². The molecule has 0 saturated heterocycles. The van der Waals surface area contributed by atoms with Crippen LogP contribution in [0.2, 0.25) is 0 Å².